The number of carbonyl (C=O) groups is 4. The van der Waals surface area contributed by atoms with Crippen LogP contribution in [0.4, 0.5) is 39.5 Å². The van der Waals surface area contributed by atoms with Crippen molar-refractivity contribution in [2.45, 2.75) is 84.1 Å². The molecule has 0 spiro atoms. The van der Waals surface area contributed by atoms with Gasteiger partial charge in [-0.3, -0.25) is 19.2 Å². The van der Waals surface area contributed by atoms with Gasteiger partial charge in [0.15, 0.2) is 6.10 Å². The molecule has 0 amide bonds. The maximum absolute atomic E-state index is 12.9. The highest BCUT2D eigenvalue weighted by atomic mass is 19.4. The standard InChI is InChI=1S/C23H29F9O8/c1-5-20(3,4)19(36)38-9-8-37-16(34)14-10-12(15(33)39-11(2)21(24,25)26)6-7-13(14)17(35)40-18(22(27,28)29)23(30,31)32/h11-14,18H,5-10H2,1-4H3. The lowest BCUT2D eigenvalue weighted by atomic mass is 9.74. The van der Waals surface area contributed by atoms with Crippen LogP contribution >= 0.6 is 0 Å². The molecule has 0 aromatic heterocycles. The largest absolute Gasteiger partial charge is 0.462 e. The summed E-state index contributed by atoms with van der Waals surface area (Å²) in [6.07, 6.45) is -25.7. The van der Waals surface area contributed by atoms with Gasteiger partial charge in [0.25, 0.3) is 6.10 Å². The molecule has 0 saturated heterocycles. The Hall–Kier alpha value is -2.75. The summed E-state index contributed by atoms with van der Waals surface area (Å²) < 4.78 is 133. The third kappa shape index (κ3) is 10.0. The number of ether oxygens (including phenoxy) is 4. The Morgan fingerprint density at radius 3 is 1.73 bits per heavy atom. The molecule has 1 fully saturated rings. The second-order valence-corrected chi connectivity index (χ2v) is 9.78. The fourth-order valence-electron chi connectivity index (χ4n) is 3.51. The number of rotatable bonds is 10. The fraction of sp³-hybridized carbons (Fsp3) is 0.826. The average molecular weight is 604 g/mol. The van der Waals surface area contributed by atoms with Gasteiger partial charge < -0.3 is 18.9 Å². The van der Waals surface area contributed by atoms with Gasteiger partial charge in [-0.15, -0.1) is 0 Å². The van der Waals surface area contributed by atoms with Crippen LogP contribution in [0.3, 0.4) is 0 Å². The van der Waals surface area contributed by atoms with Crippen LogP contribution in [-0.4, -0.2) is 67.8 Å². The van der Waals surface area contributed by atoms with Crippen LogP contribution in [0.15, 0.2) is 0 Å². The zero-order chi connectivity index (χ0) is 31.3. The van der Waals surface area contributed by atoms with E-state index < -0.39 is 110 Å². The summed E-state index contributed by atoms with van der Waals surface area (Å²) in [7, 11) is 0. The smallest absolute Gasteiger partial charge is 0.434 e. The minimum Gasteiger partial charge on any atom is -0.462 e. The van der Waals surface area contributed by atoms with Gasteiger partial charge in [0.05, 0.1) is 23.2 Å². The van der Waals surface area contributed by atoms with E-state index in [0.29, 0.717) is 13.3 Å². The van der Waals surface area contributed by atoms with Crippen LogP contribution in [0.25, 0.3) is 0 Å². The van der Waals surface area contributed by atoms with Crippen molar-refractivity contribution in [3.63, 3.8) is 0 Å². The zero-order valence-corrected chi connectivity index (χ0v) is 21.8. The Morgan fingerprint density at radius 1 is 0.725 bits per heavy atom. The van der Waals surface area contributed by atoms with Crippen molar-refractivity contribution in [3.05, 3.63) is 0 Å². The Morgan fingerprint density at radius 2 is 1.25 bits per heavy atom. The Bertz CT molecular complexity index is 897. The first kappa shape index (κ1) is 35.3. The molecule has 0 N–H and O–H groups in total. The predicted molar refractivity (Wildman–Crippen MR) is 114 cm³/mol. The van der Waals surface area contributed by atoms with Crippen molar-refractivity contribution < 1.29 is 77.6 Å². The Labute approximate surface area is 222 Å². The summed E-state index contributed by atoms with van der Waals surface area (Å²) >= 11 is 0. The molecular formula is C23H29F9O8. The molecule has 1 saturated carbocycles. The van der Waals surface area contributed by atoms with Gasteiger partial charge in [-0.25, -0.2) is 0 Å². The molecule has 1 aliphatic carbocycles. The monoisotopic (exact) mass is 604 g/mol. The van der Waals surface area contributed by atoms with Gasteiger partial charge >= 0.3 is 42.4 Å². The molecule has 0 aliphatic heterocycles. The number of halogens is 9. The Balaban J connectivity index is 3.08. The van der Waals surface area contributed by atoms with Gasteiger partial charge in [0.1, 0.15) is 13.2 Å². The molecule has 17 heteroatoms. The van der Waals surface area contributed by atoms with Crippen molar-refractivity contribution in [2.24, 2.45) is 23.2 Å². The quantitative estimate of drug-likeness (QED) is 0.147. The average Bonchev–Trinajstić information content (AvgIpc) is 2.82. The molecule has 0 aromatic rings. The van der Waals surface area contributed by atoms with Crippen LogP contribution in [0.1, 0.15) is 53.4 Å². The number of carbonyl (C=O) groups excluding carboxylic acids is 4. The molecule has 8 nitrogen and oxygen atoms in total. The third-order valence-electron chi connectivity index (χ3n) is 6.37. The summed E-state index contributed by atoms with van der Waals surface area (Å²) in [5.74, 6) is -10.9. The van der Waals surface area contributed by atoms with Crippen LogP contribution in [0, 0.1) is 23.2 Å². The second kappa shape index (κ2) is 13.3. The van der Waals surface area contributed by atoms with E-state index in [1.165, 1.54) is 0 Å². The van der Waals surface area contributed by atoms with Crippen molar-refractivity contribution in [1.82, 2.24) is 0 Å². The molecule has 0 aromatic carbocycles. The topological polar surface area (TPSA) is 105 Å². The number of esters is 4. The summed E-state index contributed by atoms with van der Waals surface area (Å²) in [5, 5.41) is 0. The highest BCUT2D eigenvalue weighted by Gasteiger charge is 2.60. The molecule has 40 heavy (non-hydrogen) atoms. The van der Waals surface area contributed by atoms with E-state index in [4.69, 9.17) is 9.47 Å². The molecule has 0 heterocycles. The normalized spacial score (nSPS) is 21.4. The predicted octanol–water partition coefficient (Wildman–Crippen LogP) is 5.07. The van der Waals surface area contributed by atoms with E-state index in [2.05, 4.69) is 9.47 Å². The van der Waals surface area contributed by atoms with Crippen molar-refractivity contribution in [1.29, 1.82) is 0 Å². The molecule has 0 radical (unpaired) electrons. The lowest BCUT2D eigenvalue weighted by Gasteiger charge is -2.34. The molecule has 232 valence electrons. The van der Waals surface area contributed by atoms with Crippen LogP contribution in [0.5, 0.6) is 0 Å². The highest BCUT2D eigenvalue weighted by molar-refractivity contribution is 5.84. The van der Waals surface area contributed by atoms with Crippen LogP contribution < -0.4 is 0 Å². The summed E-state index contributed by atoms with van der Waals surface area (Å²) in [6.45, 7) is 4.19. The summed E-state index contributed by atoms with van der Waals surface area (Å²) in [6, 6.07) is 0. The van der Waals surface area contributed by atoms with Gasteiger partial charge in [-0.1, -0.05) is 6.92 Å². The lowest BCUT2D eigenvalue weighted by Crippen LogP contribution is -2.48. The lowest BCUT2D eigenvalue weighted by molar-refractivity contribution is -0.314. The molecule has 1 aliphatic rings. The number of hydrogen-bond acceptors (Lipinski definition) is 8. The van der Waals surface area contributed by atoms with E-state index in [1.807, 2.05) is 0 Å². The van der Waals surface area contributed by atoms with Gasteiger partial charge in [-0.2, -0.15) is 39.5 Å². The molecule has 0 bridgehead atoms. The highest BCUT2D eigenvalue weighted by Crippen LogP contribution is 2.40. The molecular weight excluding hydrogens is 575 g/mol. The van der Waals surface area contributed by atoms with E-state index in [1.54, 1.807) is 20.8 Å². The minimum atomic E-state index is -6.05. The Kier molecular flexibility index (Phi) is 11.7. The summed E-state index contributed by atoms with van der Waals surface area (Å²) in [4.78, 5) is 49.3. The first-order valence-electron chi connectivity index (χ1n) is 12.0. The maximum atomic E-state index is 12.9. The van der Waals surface area contributed by atoms with Gasteiger partial charge in [-0.05, 0) is 46.5 Å². The molecule has 4 unspecified atom stereocenters. The van der Waals surface area contributed by atoms with E-state index in [0.717, 1.165) is 0 Å². The molecule has 1 rings (SSSR count). The van der Waals surface area contributed by atoms with Crippen LogP contribution in [0.2, 0.25) is 0 Å². The fourth-order valence-corrected chi connectivity index (χ4v) is 3.51. The zero-order valence-electron chi connectivity index (χ0n) is 21.8. The first-order valence-corrected chi connectivity index (χ1v) is 12.0. The minimum absolute atomic E-state index is 0.388. The van der Waals surface area contributed by atoms with E-state index in [-0.39, 0.29) is 0 Å². The van der Waals surface area contributed by atoms with Gasteiger partial charge in [0.2, 0.25) is 0 Å². The maximum Gasteiger partial charge on any atom is 0.434 e. The van der Waals surface area contributed by atoms with Crippen LogP contribution in [-0.2, 0) is 38.1 Å². The van der Waals surface area contributed by atoms with Crippen molar-refractivity contribution in [2.75, 3.05) is 13.2 Å². The van der Waals surface area contributed by atoms with Crippen molar-refractivity contribution >= 4 is 23.9 Å². The third-order valence-corrected chi connectivity index (χ3v) is 6.37. The summed E-state index contributed by atoms with van der Waals surface area (Å²) in [5.41, 5.74) is -0.892. The van der Waals surface area contributed by atoms with Gasteiger partial charge in [0, 0.05) is 0 Å². The van der Waals surface area contributed by atoms with E-state index in [9.17, 15) is 58.7 Å². The molecule has 4 atom stereocenters. The first-order chi connectivity index (χ1) is 18.0. The van der Waals surface area contributed by atoms with Crippen molar-refractivity contribution in [3.8, 4) is 0 Å². The van der Waals surface area contributed by atoms with E-state index >= 15 is 0 Å². The SMILES string of the molecule is CCC(C)(C)C(=O)OCCOC(=O)C1CC(C(=O)OC(C)C(F)(F)F)CCC1C(=O)OC(C(F)(F)F)C(F)(F)F. The second-order valence-electron chi connectivity index (χ2n) is 9.78. The number of hydrogen-bond donors (Lipinski definition) is 0. The number of alkyl halides is 9.